The second-order valence-electron chi connectivity index (χ2n) is 2.04. The zero-order valence-electron chi connectivity index (χ0n) is 6.90. The van der Waals surface area contributed by atoms with E-state index in [4.69, 9.17) is 10.5 Å². The molecular weight excluding hydrogens is 201 g/mol. The van der Waals surface area contributed by atoms with Crippen LogP contribution in [-0.4, -0.2) is 19.1 Å². The van der Waals surface area contributed by atoms with Crippen LogP contribution in [0.25, 0.3) is 0 Å². The molecule has 0 atom stereocenters. The molecule has 0 radical (unpaired) electrons. The number of hydrogen-bond acceptors (Lipinski definition) is 4. The fraction of sp³-hybridized carbons (Fsp3) is 0.286. The number of nitrogens with zero attached hydrogens (tertiary/aromatic N) is 1. The van der Waals surface area contributed by atoms with Crippen molar-refractivity contribution in [2.45, 2.75) is 0 Å². The van der Waals surface area contributed by atoms with E-state index in [1.807, 2.05) is 0 Å². The standard InChI is InChI=1S/C7H11N3O.Ni/c1-9-7-5(8)3-4-6(10-7)11-2;/h3-4H,8H2,1-2H3,(H,9,10);. The van der Waals surface area contributed by atoms with Gasteiger partial charge in [-0.3, -0.25) is 0 Å². The maximum absolute atomic E-state index is 5.57. The van der Waals surface area contributed by atoms with E-state index in [0.29, 0.717) is 17.4 Å². The van der Waals surface area contributed by atoms with Gasteiger partial charge in [-0.2, -0.15) is 4.98 Å². The summed E-state index contributed by atoms with van der Waals surface area (Å²) in [5.41, 5.74) is 6.19. The molecule has 1 rings (SSSR count). The third kappa shape index (κ3) is 2.27. The van der Waals surface area contributed by atoms with Gasteiger partial charge in [-0.05, 0) is 6.07 Å². The van der Waals surface area contributed by atoms with E-state index >= 15 is 0 Å². The molecule has 0 amide bonds. The summed E-state index contributed by atoms with van der Waals surface area (Å²) in [4.78, 5) is 4.05. The van der Waals surface area contributed by atoms with E-state index < -0.39 is 0 Å². The number of methoxy groups -OCH3 is 1. The van der Waals surface area contributed by atoms with E-state index in [2.05, 4.69) is 10.3 Å². The van der Waals surface area contributed by atoms with Crippen molar-refractivity contribution < 1.29 is 21.2 Å². The molecule has 1 heterocycles. The molecule has 0 saturated heterocycles. The molecule has 1 aromatic heterocycles. The summed E-state index contributed by atoms with van der Waals surface area (Å²) in [6.45, 7) is 0. The predicted octanol–water partition coefficient (Wildman–Crippen LogP) is 0.712. The van der Waals surface area contributed by atoms with Gasteiger partial charge in [-0.25, -0.2) is 0 Å². The molecule has 0 aliphatic heterocycles. The molecule has 0 aliphatic rings. The van der Waals surface area contributed by atoms with Crippen LogP contribution in [0.15, 0.2) is 12.1 Å². The first kappa shape index (κ1) is 11.0. The van der Waals surface area contributed by atoms with Gasteiger partial charge >= 0.3 is 0 Å². The second kappa shape index (κ2) is 4.83. The molecule has 3 N–H and O–H groups in total. The summed E-state index contributed by atoms with van der Waals surface area (Å²) < 4.78 is 4.90. The topological polar surface area (TPSA) is 60.2 Å². The Hall–Kier alpha value is -0.956. The van der Waals surface area contributed by atoms with Gasteiger partial charge in [0.05, 0.1) is 12.8 Å². The molecular formula is C7H11N3NiO. The van der Waals surface area contributed by atoms with Crippen LogP contribution in [0.2, 0.25) is 0 Å². The minimum absolute atomic E-state index is 0. The Morgan fingerprint density at radius 2 is 2.17 bits per heavy atom. The number of hydrogen-bond donors (Lipinski definition) is 2. The third-order valence-electron chi connectivity index (χ3n) is 1.35. The Bertz CT molecular complexity index is 254. The zero-order valence-corrected chi connectivity index (χ0v) is 7.89. The Morgan fingerprint density at radius 1 is 1.50 bits per heavy atom. The van der Waals surface area contributed by atoms with Crippen molar-refractivity contribution in [3.63, 3.8) is 0 Å². The fourth-order valence-electron chi connectivity index (χ4n) is 0.766. The minimum Gasteiger partial charge on any atom is -0.481 e. The SMILES string of the molecule is CNc1nc(OC)ccc1N.[Ni]. The van der Waals surface area contributed by atoms with Gasteiger partial charge in [0, 0.05) is 29.6 Å². The van der Waals surface area contributed by atoms with Gasteiger partial charge in [0.25, 0.3) is 0 Å². The Morgan fingerprint density at radius 3 is 2.67 bits per heavy atom. The maximum Gasteiger partial charge on any atom is 0.215 e. The summed E-state index contributed by atoms with van der Waals surface area (Å²) in [6.07, 6.45) is 0. The van der Waals surface area contributed by atoms with Crippen LogP contribution in [0, 0.1) is 0 Å². The average molecular weight is 212 g/mol. The Labute approximate surface area is 81.4 Å². The van der Waals surface area contributed by atoms with Crippen molar-refractivity contribution >= 4 is 11.5 Å². The number of ether oxygens (including phenoxy) is 1. The van der Waals surface area contributed by atoms with Gasteiger partial charge < -0.3 is 15.8 Å². The third-order valence-corrected chi connectivity index (χ3v) is 1.35. The molecule has 0 unspecified atom stereocenters. The molecule has 70 valence electrons. The number of rotatable bonds is 2. The monoisotopic (exact) mass is 211 g/mol. The van der Waals surface area contributed by atoms with Gasteiger partial charge in [0.1, 0.15) is 0 Å². The van der Waals surface area contributed by atoms with Crippen LogP contribution in [0.3, 0.4) is 0 Å². The van der Waals surface area contributed by atoms with E-state index in [-0.39, 0.29) is 16.5 Å². The van der Waals surface area contributed by atoms with Crippen LogP contribution in [0.5, 0.6) is 5.88 Å². The summed E-state index contributed by atoms with van der Waals surface area (Å²) in [5, 5.41) is 2.85. The van der Waals surface area contributed by atoms with Crippen molar-refractivity contribution in [2.75, 3.05) is 25.2 Å². The van der Waals surface area contributed by atoms with Gasteiger partial charge in [0.2, 0.25) is 5.88 Å². The number of nitrogens with one attached hydrogen (secondary N) is 1. The number of nitrogens with two attached hydrogens (primary N) is 1. The van der Waals surface area contributed by atoms with Gasteiger partial charge in [-0.1, -0.05) is 0 Å². The first-order valence-corrected chi connectivity index (χ1v) is 3.26. The smallest absolute Gasteiger partial charge is 0.215 e. The normalized spacial score (nSPS) is 8.50. The van der Waals surface area contributed by atoms with E-state index in [0.717, 1.165) is 0 Å². The van der Waals surface area contributed by atoms with Crippen molar-refractivity contribution in [1.82, 2.24) is 4.98 Å². The summed E-state index contributed by atoms with van der Waals surface area (Å²) in [5.74, 6) is 1.20. The fourth-order valence-corrected chi connectivity index (χ4v) is 0.766. The van der Waals surface area contributed by atoms with Crippen molar-refractivity contribution in [3.05, 3.63) is 12.1 Å². The van der Waals surface area contributed by atoms with Crippen LogP contribution in [0.4, 0.5) is 11.5 Å². The van der Waals surface area contributed by atoms with Gasteiger partial charge in [-0.15, -0.1) is 0 Å². The molecule has 0 bridgehead atoms. The number of anilines is 2. The Balaban J connectivity index is 0.00000121. The number of pyridine rings is 1. The molecule has 5 heteroatoms. The number of nitrogen functional groups attached to an aromatic ring is 1. The van der Waals surface area contributed by atoms with E-state index in [1.54, 1.807) is 26.3 Å². The predicted molar refractivity (Wildman–Crippen MR) is 44.7 cm³/mol. The molecule has 0 saturated carbocycles. The average Bonchev–Trinajstić information content (AvgIpc) is 2.05. The maximum atomic E-state index is 5.57. The summed E-state index contributed by atoms with van der Waals surface area (Å²) in [7, 11) is 3.33. The summed E-state index contributed by atoms with van der Waals surface area (Å²) >= 11 is 0. The van der Waals surface area contributed by atoms with E-state index in [1.165, 1.54) is 0 Å². The number of aromatic nitrogens is 1. The molecule has 12 heavy (non-hydrogen) atoms. The van der Waals surface area contributed by atoms with Gasteiger partial charge in [0.15, 0.2) is 5.82 Å². The molecule has 0 aliphatic carbocycles. The van der Waals surface area contributed by atoms with Crippen LogP contribution < -0.4 is 15.8 Å². The first-order valence-electron chi connectivity index (χ1n) is 3.26. The zero-order chi connectivity index (χ0) is 8.27. The molecule has 0 spiro atoms. The quantitative estimate of drug-likeness (QED) is 0.708. The molecule has 0 fully saturated rings. The molecule has 4 nitrogen and oxygen atoms in total. The van der Waals surface area contributed by atoms with Crippen molar-refractivity contribution in [2.24, 2.45) is 0 Å². The second-order valence-corrected chi connectivity index (χ2v) is 2.04. The Kier molecular flexibility index (Phi) is 4.44. The van der Waals surface area contributed by atoms with E-state index in [9.17, 15) is 0 Å². The minimum atomic E-state index is 0. The largest absolute Gasteiger partial charge is 0.481 e. The molecule has 0 aromatic carbocycles. The van der Waals surface area contributed by atoms with Crippen LogP contribution >= 0.6 is 0 Å². The van der Waals surface area contributed by atoms with Crippen LogP contribution in [-0.2, 0) is 16.5 Å². The van der Waals surface area contributed by atoms with Crippen LogP contribution in [0.1, 0.15) is 0 Å². The summed E-state index contributed by atoms with van der Waals surface area (Å²) in [6, 6.07) is 3.47. The molecule has 1 aromatic rings. The van der Waals surface area contributed by atoms with Crippen molar-refractivity contribution in [3.8, 4) is 5.88 Å². The first-order chi connectivity index (χ1) is 5.27. The van der Waals surface area contributed by atoms with Crippen molar-refractivity contribution in [1.29, 1.82) is 0 Å².